The lowest BCUT2D eigenvalue weighted by Crippen LogP contribution is -2.26. The van der Waals surface area contributed by atoms with Crippen molar-refractivity contribution in [2.75, 3.05) is 19.6 Å². The Hall–Kier alpha value is -0.300. The fourth-order valence-electron chi connectivity index (χ4n) is 1.78. The maximum Gasteiger partial charge on any atom is 0.00159 e. The molecule has 0 atom stereocenters. The number of unbranched alkanes of at least 4 members (excludes halogenated alkanes) is 2. The van der Waals surface area contributed by atoms with E-state index in [1.165, 1.54) is 58.2 Å². The van der Waals surface area contributed by atoms with E-state index < -0.39 is 0 Å². The summed E-state index contributed by atoms with van der Waals surface area (Å²) in [5.74, 6) is 0. The van der Waals surface area contributed by atoms with Gasteiger partial charge < -0.3 is 4.90 Å². The van der Waals surface area contributed by atoms with Gasteiger partial charge in [0.25, 0.3) is 0 Å². The summed E-state index contributed by atoms with van der Waals surface area (Å²) in [5, 5.41) is 0. The molecule has 0 radical (unpaired) electrons. The summed E-state index contributed by atoms with van der Waals surface area (Å²) in [7, 11) is 0. The normalized spacial score (nSPS) is 11.7. The van der Waals surface area contributed by atoms with Gasteiger partial charge in [-0.1, -0.05) is 45.8 Å². The lowest BCUT2D eigenvalue weighted by Gasteiger charge is -2.19. The molecule has 0 amide bonds. The zero-order valence-electron chi connectivity index (χ0n) is 11.0. The smallest absolute Gasteiger partial charge is 0.00159 e. The molecule has 0 aliphatic carbocycles. The van der Waals surface area contributed by atoms with E-state index in [1.807, 2.05) is 0 Å². The molecular formula is C14H29N. The Labute approximate surface area is 96.6 Å². The van der Waals surface area contributed by atoms with Gasteiger partial charge in [-0.15, -0.1) is 0 Å². The van der Waals surface area contributed by atoms with Gasteiger partial charge in [0, 0.05) is 6.54 Å². The van der Waals surface area contributed by atoms with E-state index in [4.69, 9.17) is 0 Å². The number of rotatable bonds is 10. The second-order valence-corrected chi connectivity index (χ2v) is 4.24. The molecule has 0 saturated heterocycles. The molecule has 0 saturated carbocycles. The van der Waals surface area contributed by atoms with Crippen LogP contribution in [0.3, 0.4) is 0 Å². The van der Waals surface area contributed by atoms with Gasteiger partial charge in [0.1, 0.15) is 0 Å². The fraction of sp³-hybridized carbons (Fsp3) is 0.857. The molecule has 15 heavy (non-hydrogen) atoms. The topological polar surface area (TPSA) is 3.24 Å². The van der Waals surface area contributed by atoms with Crippen molar-refractivity contribution in [3.63, 3.8) is 0 Å². The molecule has 0 aliphatic heterocycles. The van der Waals surface area contributed by atoms with Crippen LogP contribution in [-0.2, 0) is 0 Å². The molecule has 0 aliphatic rings. The van der Waals surface area contributed by atoms with Gasteiger partial charge in [-0.25, -0.2) is 0 Å². The van der Waals surface area contributed by atoms with Crippen molar-refractivity contribution in [3.8, 4) is 0 Å². The van der Waals surface area contributed by atoms with Crippen LogP contribution in [0.1, 0.15) is 59.3 Å². The molecule has 0 heterocycles. The van der Waals surface area contributed by atoms with Crippen LogP contribution >= 0.6 is 0 Å². The van der Waals surface area contributed by atoms with E-state index in [2.05, 4.69) is 37.8 Å². The quantitative estimate of drug-likeness (QED) is 0.386. The van der Waals surface area contributed by atoms with Gasteiger partial charge in [-0.2, -0.15) is 0 Å². The molecule has 0 aromatic carbocycles. The molecule has 0 aromatic rings. The molecule has 0 N–H and O–H groups in total. The molecular weight excluding hydrogens is 182 g/mol. The van der Waals surface area contributed by atoms with Crippen LogP contribution in [0, 0.1) is 0 Å². The minimum absolute atomic E-state index is 1.23. The Bertz CT molecular complexity index is 134. The minimum Gasteiger partial charge on any atom is -0.303 e. The van der Waals surface area contributed by atoms with E-state index in [-0.39, 0.29) is 0 Å². The summed E-state index contributed by atoms with van der Waals surface area (Å²) in [6.45, 7) is 10.5. The summed E-state index contributed by atoms with van der Waals surface area (Å²) >= 11 is 0. The monoisotopic (exact) mass is 211 g/mol. The Morgan fingerprint density at radius 2 is 1.33 bits per heavy atom. The predicted molar refractivity (Wildman–Crippen MR) is 70.3 cm³/mol. The van der Waals surface area contributed by atoms with Gasteiger partial charge in [-0.3, -0.25) is 0 Å². The van der Waals surface area contributed by atoms with Crippen LogP contribution in [0.25, 0.3) is 0 Å². The summed E-state index contributed by atoms with van der Waals surface area (Å²) < 4.78 is 0. The van der Waals surface area contributed by atoms with Crippen LogP contribution in [0.15, 0.2) is 12.2 Å². The number of hydrogen-bond donors (Lipinski definition) is 0. The van der Waals surface area contributed by atoms with Crippen molar-refractivity contribution >= 4 is 0 Å². The van der Waals surface area contributed by atoms with Crippen LogP contribution < -0.4 is 0 Å². The van der Waals surface area contributed by atoms with Crippen molar-refractivity contribution in [2.45, 2.75) is 59.3 Å². The van der Waals surface area contributed by atoms with Crippen LogP contribution in [0.5, 0.6) is 0 Å². The van der Waals surface area contributed by atoms with Gasteiger partial charge in [0.2, 0.25) is 0 Å². The Balaban J connectivity index is 3.47. The van der Waals surface area contributed by atoms with Crippen LogP contribution in [0.2, 0.25) is 0 Å². The third-order valence-electron chi connectivity index (χ3n) is 2.58. The lowest BCUT2D eigenvalue weighted by molar-refractivity contribution is 0.280. The highest BCUT2D eigenvalue weighted by Crippen LogP contribution is 1.99. The highest BCUT2D eigenvalue weighted by molar-refractivity contribution is 4.82. The Kier molecular flexibility index (Phi) is 11.5. The fourth-order valence-corrected chi connectivity index (χ4v) is 1.78. The largest absolute Gasteiger partial charge is 0.303 e. The first kappa shape index (κ1) is 14.7. The average Bonchev–Trinajstić information content (AvgIpc) is 2.24. The van der Waals surface area contributed by atoms with Crippen molar-refractivity contribution in [1.82, 2.24) is 4.90 Å². The Morgan fingerprint density at radius 3 is 1.87 bits per heavy atom. The minimum atomic E-state index is 1.23. The molecule has 0 rings (SSSR count). The van der Waals surface area contributed by atoms with Gasteiger partial charge in [0.05, 0.1) is 0 Å². The second kappa shape index (κ2) is 11.8. The maximum atomic E-state index is 2.57. The van der Waals surface area contributed by atoms with Crippen LogP contribution in [0.4, 0.5) is 0 Å². The van der Waals surface area contributed by atoms with Gasteiger partial charge >= 0.3 is 0 Å². The first-order valence-electron chi connectivity index (χ1n) is 6.72. The van der Waals surface area contributed by atoms with Gasteiger partial charge in [-0.05, 0) is 38.8 Å². The summed E-state index contributed by atoms with van der Waals surface area (Å²) in [6, 6.07) is 0. The van der Waals surface area contributed by atoms with E-state index in [9.17, 15) is 0 Å². The van der Waals surface area contributed by atoms with Crippen molar-refractivity contribution in [1.29, 1.82) is 0 Å². The molecule has 90 valence electrons. The summed E-state index contributed by atoms with van der Waals surface area (Å²) in [5.41, 5.74) is 0. The zero-order chi connectivity index (χ0) is 11.4. The van der Waals surface area contributed by atoms with E-state index in [0.717, 1.165) is 0 Å². The Morgan fingerprint density at radius 1 is 0.733 bits per heavy atom. The summed E-state index contributed by atoms with van der Waals surface area (Å²) in [4.78, 5) is 2.57. The standard InChI is InChI=1S/C14H29N/c1-4-7-8-9-10-11-14-15(12-5-2)13-6-3/h9-10H,4-8,11-14H2,1-3H3/b10-9+. The zero-order valence-corrected chi connectivity index (χ0v) is 11.0. The first-order valence-corrected chi connectivity index (χ1v) is 6.72. The average molecular weight is 211 g/mol. The number of allylic oxidation sites excluding steroid dienone is 1. The number of hydrogen-bond acceptors (Lipinski definition) is 1. The molecule has 0 bridgehead atoms. The van der Waals surface area contributed by atoms with Crippen LogP contribution in [-0.4, -0.2) is 24.5 Å². The molecule has 0 aromatic heterocycles. The summed E-state index contributed by atoms with van der Waals surface area (Å²) in [6.07, 6.45) is 12.4. The predicted octanol–water partition coefficient (Wildman–Crippen LogP) is 4.24. The third-order valence-corrected chi connectivity index (χ3v) is 2.58. The molecule has 1 heteroatoms. The highest BCUT2D eigenvalue weighted by Gasteiger charge is 1.99. The third kappa shape index (κ3) is 9.99. The van der Waals surface area contributed by atoms with Crippen molar-refractivity contribution in [3.05, 3.63) is 12.2 Å². The second-order valence-electron chi connectivity index (χ2n) is 4.24. The van der Waals surface area contributed by atoms with Gasteiger partial charge in [0.15, 0.2) is 0 Å². The van der Waals surface area contributed by atoms with E-state index in [1.54, 1.807) is 0 Å². The number of nitrogens with zero attached hydrogens (tertiary/aromatic N) is 1. The van der Waals surface area contributed by atoms with Crippen molar-refractivity contribution < 1.29 is 0 Å². The highest BCUT2D eigenvalue weighted by atomic mass is 15.1. The van der Waals surface area contributed by atoms with Crippen molar-refractivity contribution in [2.24, 2.45) is 0 Å². The molecule has 1 nitrogen and oxygen atoms in total. The maximum absolute atomic E-state index is 2.57. The molecule has 0 fully saturated rings. The molecule has 0 unspecified atom stereocenters. The molecule has 0 spiro atoms. The first-order chi connectivity index (χ1) is 7.35. The van der Waals surface area contributed by atoms with E-state index in [0.29, 0.717) is 0 Å². The van der Waals surface area contributed by atoms with E-state index >= 15 is 0 Å². The lowest BCUT2D eigenvalue weighted by atomic mass is 10.2. The SMILES string of the molecule is CCCC/C=C/CCN(CCC)CCC.